The zero-order valence-electron chi connectivity index (χ0n) is 10.4. The molecule has 2 N–H and O–H groups in total. The van der Waals surface area contributed by atoms with E-state index in [1.807, 2.05) is 6.07 Å². The van der Waals surface area contributed by atoms with Gasteiger partial charge < -0.3 is 5.73 Å². The van der Waals surface area contributed by atoms with E-state index in [1.54, 1.807) is 6.20 Å². The first-order valence-corrected chi connectivity index (χ1v) is 6.83. The monoisotopic (exact) mass is 264 g/mol. The molecular weight excluding hydrogens is 248 g/mol. The number of aromatic nitrogens is 3. The van der Waals surface area contributed by atoms with E-state index in [0.29, 0.717) is 22.9 Å². The van der Waals surface area contributed by atoms with Crippen LogP contribution >= 0.6 is 11.6 Å². The third-order valence-electron chi connectivity index (χ3n) is 3.92. The van der Waals surface area contributed by atoms with Gasteiger partial charge in [-0.2, -0.15) is 0 Å². The smallest absolute Gasteiger partial charge is 0.202 e. The summed E-state index contributed by atoms with van der Waals surface area (Å²) in [6.45, 7) is 2.28. The van der Waals surface area contributed by atoms with Gasteiger partial charge in [0, 0.05) is 12.2 Å². The minimum absolute atomic E-state index is 0.414. The van der Waals surface area contributed by atoms with Crippen molar-refractivity contribution in [1.82, 2.24) is 14.5 Å². The van der Waals surface area contributed by atoms with Gasteiger partial charge in [0.15, 0.2) is 5.65 Å². The van der Waals surface area contributed by atoms with Crippen LogP contribution in [-0.4, -0.2) is 14.5 Å². The van der Waals surface area contributed by atoms with Crippen LogP contribution in [0, 0.1) is 5.92 Å². The molecular formula is C13H17ClN4. The maximum absolute atomic E-state index is 6.07. The first-order chi connectivity index (χ1) is 8.66. The van der Waals surface area contributed by atoms with Crippen molar-refractivity contribution < 1.29 is 0 Å². The molecule has 0 bridgehead atoms. The molecule has 2 aromatic rings. The Morgan fingerprint density at radius 2 is 2.17 bits per heavy atom. The highest BCUT2D eigenvalue weighted by Crippen LogP contribution is 2.37. The molecule has 0 aliphatic heterocycles. The molecule has 0 spiro atoms. The molecule has 2 unspecified atom stereocenters. The molecule has 2 aromatic heterocycles. The third kappa shape index (κ3) is 1.85. The Balaban J connectivity index is 2.12. The van der Waals surface area contributed by atoms with Crippen LogP contribution in [0.1, 0.15) is 38.6 Å². The normalized spacial score (nSPS) is 24.6. The Morgan fingerprint density at radius 1 is 1.39 bits per heavy atom. The fourth-order valence-corrected chi connectivity index (χ4v) is 3.13. The lowest BCUT2D eigenvalue weighted by Crippen LogP contribution is -2.22. The Labute approximate surface area is 111 Å². The second kappa shape index (κ2) is 4.43. The molecule has 2 heterocycles. The lowest BCUT2D eigenvalue weighted by Gasteiger charge is -2.30. The van der Waals surface area contributed by atoms with Gasteiger partial charge >= 0.3 is 0 Å². The van der Waals surface area contributed by atoms with Crippen molar-refractivity contribution in [1.29, 1.82) is 0 Å². The molecule has 1 aliphatic rings. The predicted octanol–water partition coefficient (Wildman–Crippen LogP) is 3.42. The largest absolute Gasteiger partial charge is 0.369 e. The van der Waals surface area contributed by atoms with Gasteiger partial charge in [0.2, 0.25) is 5.95 Å². The molecule has 5 heteroatoms. The molecule has 0 aromatic carbocycles. The van der Waals surface area contributed by atoms with Crippen LogP contribution in [0.2, 0.25) is 5.02 Å². The minimum Gasteiger partial charge on any atom is -0.369 e. The Kier molecular flexibility index (Phi) is 2.90. The van der Waals surface area contributed by atoms with Crippen molar-refractivity contribution >= 4 is 28.7 Å². The van der Waals surface area contributed by atoms with Crippen molar-refractivity contribution in [3.63, 3.8) is 0 Å². The van der Waals surface area contributed by atoms with Crippen molar-refractivity contribution in [3.8, 4) is 0 Å². The average molecular weight is 265 g/mol. The number of fused-ring (bicyclic) bond motifs is 1. The highest BCUT2D eigenvalue weighted by atomic mass is 35.5. The van der Waals surface area contributed by atoms with Crippen LogP contribution in [0.15, 0.2) is 12.3 Å². The molecule has 0 amide bonds. The molecule has 0 saturated heterocycles. The van der Waals surface area contributed by atoms with E-state index in [-0.39, 0.29) is 0 Å². The first kappa shape index (κ1) is 11.8. The second-order valence-corrected chi connectivity index (χ2v) is 5.60. The van der Waals surface area contributed by atoms with Crippen LogP contribution in [-0.2, 0) is 0 Å². The number of anilines is 1. The summed E-state index contributed by atoms with van der Waals surface area (Å²) >= 11 is 5.94. The number of imidazole rings is 1. The molecule has 96 valence electrons. The predicted molar refractivity (Wildman–Crippen MR) is 73.6 cm³/mol. The summed E-state index contributed by atoms with van der Waals surface area (Å²) in [4.78, 5) is 8.78. The van der Waals surface area contributed by atoms with E-state index in [0.717, 1.165) is 17.6 Å². The number of nitrogen functional groups attached to an aromatic ring is 1. The van der Waals surface area contributed by atoms with Gasteiger partial charge in [-0.15, -0.1) is 0 Å². The van der Waals surface area contributed by atoms with Crippen molar-refractivity contribution in [2.24, 2.45) is 5.92 Å². The summed E-state index contributed by atoms with van der Waals surface area (Å²) in [7, 11) is 0. The standard InChI is InChI=1S/C13H17ClN4/c1-8-4-2-3-5-11(8)18-12-10(17-13(18)15)6-9(14)7-16-12/h6-8,11H,2-5H2,1H3,(H2,15,17). The molecule has 4 nitrogen and oxygen atoms in total. The first-order valence-electron chi connectivity index (χ1n) is 6.46. The number of hydrogen-bond donors (Lipinski definition) is 1. The molecule has 2 atom stereocenters. The van der Waals surface area contributed by atoms with E-state index in [9.17, 15) is 0 Å². The van der Waals surface area contributed by atoms with Gasteiger partial charge in [0.05, 0.1) is 5.02 Å². The van der Waals surface area contributed by atoms with Gasteiger partial charge in [0.1, 0.15) is 5.52 Å². The molecule has 0 radical (unpaired) electrons. The zero-order valence-corrected chi connectivity index (χ0v) is 11.2. The summed E-state index contributed by atoms with van der Waals surface area (Å²) < 4.78 is 2.09. The van der Waals surface area contributed by atoms with Crippen molar-refractivity contribution in [2.45, 2.75) is 38.6 Å². The van der Waals surface area contributed by atoms with Gasteiger partial charge in [-0.1, -0.05) is 31.4 Å². The Bertz CT molecular complexity index is 578. The van der Waals surface area contributed by atoms with Gasteiger partial charge in [-0.05, 0) is 24.8 Å². The van der Waals surface area contributed by atoms with E-state index < -0.39 is 0 Å². The van der Waals surface area contributed by atoms with Gasteiger partial charge in [-0.25, -0.2) is 9.97 Å². The fraction of sp³-hybridized carbons (Fsp3) is 0.538. The Morgan fingerprint density at radius 3 is 2.94 bits per heavy atom. The summed E-state index contributed by atoms with van der Waals surface area (Å²) in [5.41, 5.74) is 7.71. The second-order valence-electron chi connectivity index (χ2n) is 5.17. The van der Waals surface area contributed by atoms with Crippen LogP contribution in [0.25, 0.3) is 11.2 Å². The Hall–Kier alpha value is -1.29. The minimum atomic E-state index is 0.414. The van der Waals surface area contributed by atoms with Gasteiger partial charge in [-0.3, -0.25) is 4.57 Å². The van der Waals surface area contributed by atoms with Crippen LogP contribution in [0.5, 0.6) is 0 Å². The summed E-state index contributed by atoms with van der Waals surface area (Å²) in [5, 5.41) is 0.601. The van der Waals surface area contributed by atoms with E-state index in [1.165, 1.54) is 19.3 Å². The molecule has 1 aliphatic carbocycles. The number of halogens is 1. The number of nitrogens with two attached hydrogens (primary N) is 1. The maximum atomic E-state index is 6.07. The SMILES string of the molecule is CC1CCCCC1n1c(N)nc2cc(Cl)cnc21. The maximum Gasteiger partial charge on any atom is 0.202 e. The number of rotatable bonds is 1. The molecule has 1 saturated carbocycles. The quantitative estimate of drug-likeness (QED) is 0.859. The molecule has 18 heavy (non-hydrogen) atoms. The average Bonchev–Trinajstić information content (AvgIpc) is 2.65. The van der Waals surface area contributed by atoms with Gasteiger partial charge in [0.25, 0.3) is 0 Å². The lowest BCUT2D eigenvalue weighted by molar-refractivity contribution is 0.264. The van der Waals surface area contributed by atoms with Crippen molar-refractivity contribution in [3.05, 3.63) is 17.3 Å². The summed E-state index contributed by atoms with van der Waals surface area (Å²) in [6.07, 6.45) is 6.62. The van der Waals surface area contributed by atoms with Crippen LogP contribution < -0.4 is 5.73 Å². The topological polar surface area (TPSA) is 56.7 Å². The molecule has 1 fully saturated rings. The highest BCUT2D eigenvalue weighted by Gasteiger charge is 2.26. The number of pyridine rings is 1. The van der Waals surface area contributed by atoms with E-state index >= 15 is 0 Å². The van der Waals surface area contributed by atoms with Crippen molar-refractivity contribution in [2.75, 3.05) is 5.73 Å². The van der Waals surface area contributed by atoms with Crippen LogP contribution in [0.4, 0.5) is 5.95 Å². The number of hydrogen-bond acceptors (Lipinski definition) is 3. The fourth-order valence-electron chi connectivity index (χ4n) is 2.98. The highest BCUT2D eigenvalue weighted by molar-refractivity contribution is 6.31. The number of nitrogens with zero attached hydrogens (tertiary/aromatic N) is 3. The van der Waals surface area contributed by atoms with Crippen LogP contribution in [0.3, 0.4) is 0 Å². The summed E-state index contributed by atoms with van der Waals surface area (Å²) in [6, 6.07) is 2.24. The third-order valence-corrected chi connectivity index (χ3v) is 4.13. The summed E-state index contributed by atoms with van der Waals surface area (Å²) in [5.74, 6) is 1.18. The lowest BCUT2D eigenvalue weighted by atomic mass is 9.86. The zero-order chi connectivity index (χ0) is 12.7. The van der Waals surface area contributed by atoms with E-state index in [2.05, 4.69) is 21.5 Å². The van der Waals surface area contributed by atoms with E-state index in [4.69, 9.17) is 17.3 Å². The molecule has 3 rings (SSSR count).